The molecule has 0 aromatic carbocycles. The molecule has 140 valence electrons. The summed E-state index contributed by atoms with van der Waals surface area (Å²) in [6.45, 7) is 9.34. The van der Waals surface area contributed by atoms with Crippen LogP contribution in [0, 0.1) is 5.92 Å². The summed E-state index contributed by atoms with van der Waals surface area (Å²) in [6.07, 6.45) is 24.4. The molecule has 0 aliphatic rings. The summed E-state index contributed by atoms with van der Waals surface area (Å²) in [5.41, 5.74) is 0.175. The second-order valence-corrected chi connectivity index (χ2v) is 8.20. The molecular weight excluding hydrogens is 292 g/mol. The molecule has 0 aliphatic heterocycles. The standard InChI is InChI=1S/C22H42N2/c1-5-6-7-8-9-10-11-12-13-14-15-16-17-21(2)22(3,4)24-19-18-23-20-24/h18-21H,5-17H2,1-4H3/t21-/m0/s1. The Kier molecular flexibility index (Phi) is 11.1. The lowest BCUT2D eigenvalue weighted by Gasteiger charge is -2.33. The average molecular weight is 335 g/mol. The highest BCUT2D eigenvalue weighted by Crippen LogP contribution is 2.29. The van der Waals surface area contributed by atoms with Crippen LogP contribution in [0.2, 0.25) is 0 Å². The topological polar surface area (TPSA) is 17.8 Å². The Bertz CT molecular complexity index is 381. The SMILES string of the molecule is CCCCCCCCCCCCCC[C@H](C)C(C)(C)n1ccnc1. The first-order chi connectivity index (χ1) is 11.6. The highest BCUT2D eigenvalue weighted by atomic mass is 15.1. The van der Waals surface area contributed by atoms with Crippen molar-refractivity contribution in [2.45, 2.75) is 117 Å². The molecule has 24 heavy (non-hydrogen) atoms. The van der Waals surface area contributed by atoms with Crippen molar-refractivity contribution in [1.29, 1.82) is 0 Å². The van der Waals surface area contributed by atoms with Gasteiger partial charge < -0.3 is 4.57 Å². The largest absolute Gasteiger partial charge is 0.332 e. The van der Waals surface area contributed by atoms with E-state index in [0.717, 1.165) is 0 Å². The van der Waals surface area contributed by atoms with Crippen molar-refractivity contribution in [3.05, 3.63) is 18.7 Å². The highest BCUT2D eigenvalue weighted by molar-refractivity contribution is 4.89. The van der Waals surface area contributed by atoms with Crippen molar-refractivity contribution in [3.8, 4) is 0 Å². The van der Waals surface area contributed by atoms with Crippen LogP contribution in [0.25, 0.3) is 0 Å². The predicted octanol–water partition coefficient (Wildman–Crippen LogP) is 7.35. The van der Waals surface area contributed by atoms with E-state index in [1.54, 1.807) is 0 Å². The van der Waals surface area contributed by atoms with Crippen molar-refractivity contribution in [2.24, 2.45) is 5.92 Å². The van der Waals surface area contributed by atoms with Crippen molar-refractivity contribution in [2.75, 3.05) is 0 Å². The maximum absolute atomic E-state index is 4.20. The molecule has 0 fully saturated rings. The minimum absolute atomic E-state index is 0.175. The quantitative estimate of drug-likeness (QED) is 0.307. The van der Waals surface area contributed by atoms with E-state index >= 15 is 0 Å². The zero-order chi connectivity index (χ0) is 17.7. The van der Waals surface area contributed by atoms with Crippen LogP contribution in [-0.2, 0) is 5.54 Å². The molecule has 0 unspecified atom stereocenters. The molecule has 0 spiro atoms. The van der Waals surface area contributed by atoms with Crippen molar-refractivity contribution >= 4 is 0 Å². The molecule has 2 nitrogen and oxygen atoms in total. The van der Waals surface area contributed by atoms with Crippen molar-refractivity contribution in [1.82, 2.24) is 9.55 Å². The first-order valence-electron chi connectivity index (χ1n) is 10.6. The number of hydrogen-bond acceptors (Lipinski definition) is 1. The second-order valence-electron chi connectivity index (χ2n) is 8.20. The summed E-state index contributed by atoms with van der Waals surface area (Å²) >= 11 is 0. The fraction of sp³-hybridized carbons (Fsp3) is 0.864. The third-order valence-electron chi connectivity index (χ3n) is 5.87. The number of hydrogen-bond donors (Lipinski definition) is 0. The predicted molar refractivity (Wildman–Crippen MR) is 106 cm³/mol. The van der Waals surface area contributed by atoms with Crippen LogP contribution < -0.4 is 0 Å². The first kappa shape index (κ1) is 21.3. The van der Waals surface area contributed by atoms with Crippen molar-refractivity contribution in [3.63, 3.8) is 0 Å². The molecule has 1 aromatic heterocycles. The van der Waals surface area contributed by atoms with Gasteiger partial charge in [0.15, 0.2) is 0 Å². The molecule has 1 aromatic rings. The summed E-state index contributed by atoms with van der Waals surface area (Å²) in [4.78, 5) is 4.20. The Morgan fingerprint density at radius 2 is 1.33 bits per heavy atom. The number of nitrogens with zero attached hydrogens (tertiary/aromatic N) is 2. The van der Waals surface area contributed by atoms with Gasteiger partial charge in [0, 0.05) is 17.9 Å². The second kappa shape index (κ2) is 12.6. The third kappa shape index (κ3) is 8.35. The van der Waals surface area contributed by atoms with Crippen LogP contribution >= 0.6 is 0 Å². The number of aromatic nitrogens is 2. The fourth-order valence-electron chi connectivity index (χ4n) is 3.50. The van der Waals surface area contributed by atoms with Gasteiger partial charge in [0.25, 0.3) is 0 Å². The molecule has 2 heteroatoms. The van der Waals surface area contributed by atoms with Crippen LogP contribution in [0.1, 0.15) is 111 Å². The Balaban J connectivity index is 1.95. The summed E-state index contributed by atoms with van der Waals surface area (Å²) in [7, 11) is 0. The zero-order valence-corrected chi connectivity index (χ0v) is 16.9. The van der Waals surface area contributed by atoms with Gasteiger partial charge >= 0.3 is 0 Å². The van der Waals surface area contributed by atoms with Crippen LogP contribution in [0.3, 0.4) is 0 Å². The van der Waals surface area contributed by atoms with Crippen LogP contribution in [-0.4, -0.2) is 9.55 Å². The molecule has 0 aliphatic carbocycles. The van der Waals surface area contributed by atoms with Gasteiger partial charge in [0.2, 0.25) is 0 Å². The van der Waals surface area contributed by atoms with E-state index in [1.807, 2.05) is 12.5 Å². The lowest BCUT2D eigenvalue weighted by molar-refractivity contribution is 0.215. The highest BCUT2D eigenvalue weighted by Gasteiger charge is 2.26. The minimum Gasteiger partial charge on any atom is -0.332 e. The Labute approximate surface area is 151 Å². The average Bonchev–Trinajstić information content (AvgIpc) is 3.11. The summed E-state index contributed by atoms with van der Waals surface area (Å²) in [5, 5.41) is 0. The minimum atomic E-state index is 0.175. The monoisotopic (exact) mass is 334 g/mol. The number of unbranched alkanes of at least 4 members (excludes halogenated alkanes) is 11. The molecule has 0 radical (unpaired) electrons. The van der Waals surface area contributed by atoms with E-state index in [9.17, 15) is 0 Å². The Hall–Kier alpha value is -0.790. The molecule has 0 amide bonds. The number of rotatable bonds is 15. The van der Waals surface area contributed by atoms with Gasteiger partial charge in [-0.1, -0.05) is 90.9 Å². The lowest BCUT2D eigenvalue weighted by atomic mass is 9.84. The number of imidazole rings is 1. The van der Waals surface area contributed by atoms with Gasteiger partial charge in [-0.2, -0.15) is 0 Å². The van der Waals surface area contributed by atoms with Gasteiger partial charge in [-0.15, -0.1) is 0 Å². The molecule has 1 heterocycles. The van der Waals surface area contributed by atoms with Gasteiger partial charge in [0.05, 0.1) is 6.33 Å². The van der Waals surface area contributed by atoms with Crippen LogP contribution in [0.5, 0.6) is 0 Å². The maximum Gasteiger partial charge on any atom is 0.0951 e. The van der Waals surface area contributed by atoms with Crippen LogP contribution in [0.15, 0.2) is 18.7 Å². The van der Waals surface area contributed by atoms with E-state index in [2.05, 4.69) is 43.4 Å². The summed E-state index contributed by atoms with van der Waals surface area (Å²) < 4.78 is 2.26. The Morgan fingerprint density at radius 1 is 0.833 bits per heavy atom. The van der Waals surface area contributed by atoms with E-state index in [0.29, 0.717) is 5.92 Å². The molecule has 1 rings (SSSR count). The third-order valence-corrected chi connectivity index (χ3v) is 5.87. The molecule has 1 atom stereocenters. The van der Waals surface area contributed by atoms with Gasteiger partial charge in [-0.25, -0.2) is 4.98 Å². The van der Waals surface area contributed by atoms with Crippen LogP contribution in [0.4, 0.5) is 0 Å². The fourth-order valence-corrected chi connectivity index (χ4v) is 3.50. The molecule has 0 N–H and O–H groups in total. The summed E-state index contributed by atoms with van der Waals surface area (Å²) in [5.74, 6) is 0.690. The lowest BCUT2D eigenvalue weighted by Crippen LogP contribution is -2.32. The normalized spacial score (nSPS) is 13.3. The molecule has 0 saturated carbocycles. The van der Waals surface area contributed by atoms with E-state index in [4.69, 9.17) is 0 Å². The van der Waals surface area contributed by atoms with E-state index < -0.39 is 0 Å². The maximum atomic E-state index is 4.20. The smallest absolute Gasteiger partial charge is 0.0951 e. The first-order valence-corrected chi connectivity index (χ1v) is 10.6. The summed E-state index contributed by atoms with van der Waals surface area (Å²) in [6, 6.07) is 0. The van der Waals surface area contributed by atoms with E-state index in [1.165, 1.54) is 83.5 Å². The zero-order valence-electron chi connectivity index (χ0n) is 16.9. The molecule has 0 saturated heterocycles. The van der Waals surface area contributed by atoms with Gasteiger partial charge in [0.1, 0.15) is 0 Å². The molecule has 0 bridgehead atoms. The van der Waals surface area contributed by atoms with Crippen molar-refractivity contribution < 1.29 is 0 Å². The Morgan fingerprint density at radius 3 is 1.79 bits per heavy atom. The van der Waals surface area contributed by atoms with Gasteiger partial charge in [-0.3, -0.25) is 0 Å². The molecular formula is C22H42N2. The van der Waals surface area contributed by atoms with Gasteiger partial charge in [-0.05, 0) is 26.2 Å². The van der Waals surface area contributed by atoms with E-state index in [-0.39, 0.29) is 5.54 Å².